The number of rotatable bonds is 5. The van der Waals surface area contributed by atoms with E-state index in [1.165, 1.54) is 7.05 Å². The van der Waals surface area contributed by atoms with Gasteiger partial charge in [-0.1, -0.05) is 51.1 Å². The molecule has 0 aromatic heterocycles. The maximum Gasteiger partial charge on any atom is 0.471 e. The molecule has 0 aliphatic carbocycles. The summed E-state index contributed by atoms with van der Waals surface area (Å²) in [5.74, 6) is -1.86. The zero-order valence-corrected chi connectivity index (χ0v) is 16.9. The summed E-state index contributed by atoms with van der Waals surface area (Å²) in [4.78, 5) is 12.4. The second-order valence-electron chi connectivity index (χ2n) is 7.86. The van der Waals surface area contributed by atoms with Crippen molar-refractivity contribution >= 4 is 14.2 Å². The van der Waals surface area contributed by atoms with Crippen molar-refractivity contribution in [2.24, 2.45) is 0 Å². The van der Waals surface area contributed by atoms with Gasteiger partial charge < -0.3 is 9.33 Å². The van der Waals surface area contributed by atoms with Crippen molar-refractivity contribution in [1.29, 1.82) is 0 Å². The molecule has 0 heterocycles. The van der Waals surface area contributed by atoms with E-state index in [0.29, 0.717) is 0 Å². The highest BCUT2D eigenvalue weighted by molar-refractivity contribution is 6.74. The molecule has 2 atom stereocenters. The molecule has 25 heavy (non-hydrogen) atoms. The van der Waals surface area contributed by atoms with Gasteiger partial charge in [-0.25, -0.2) is 0 Å². The maximum absolute atomic E-state index is 12.8. The van der Waals surface area contributed by atoms with E-state index in [-0.39, 0.29) is 5.04 Å². The van der Waals surface area contributed by atoms with Gasteiger partial charge in [0.1, 0.15) is 0 Å². The molecule has 2 unspecified atom stereocenters. The molecule has 1 aromatic rings. The molecule has 1 aromatic carbocycles. The lowest BCUT2D eigenvalue weighted by molar-refractivity contribution is -0.187. The largest absolute Gasteiger partial charge is 0.471 e. The van der Waals surface area contributed by atoms with Crippen molar-refractivity contribution < 1.29 is 22.4 Å². The van der Waals surface area contributed by atoms with Crippen LogP contribution in [0, 0.1) is 0 Å². The molecule has 142 valence electrons. The topological polar surface area (TPSA) is 29.5 Å². The second kappa shape index (κ2) is 7.49. The number of carbonyl (C=O) groups excluding carboxylic acids is 1. The zero-order valence-electron chi connectivity index (χ0n) is 15.9. The Morgan fingerprint density at radius 3 is 2.00 bits per heavy atom. The highest BCUT2D eigenvalue weighted by Crippen LogP contribution is 2.41. The predicted molar refractivity (Wildman–Crippen MR) is 95.8 cm³/mol. The fourth-order valence-electron chi connectivity index (χ4n) is 2.17. The summed E-state index contributed by atoms with van der Waals surface area (Å²) < 4.78 is 44.9. The van der Waals surface area contributed by atoms with Gasteiger partial charge in [-0.2, -0.15) is 13.2 Å². The summed E-state index contributed by atoms with van der Waals surface area (Å²) in [5.41, 5.74) is 0.765. The van der Waals surface area contributed by atoms with Crippen LogP contribution in [0.15, 0.2) is 30.3 Å². The van der Waals surface area contributed by atoms with Crippen LogP contribution < -0.4 is 0 Å². The van der Waals surface area contributed by atoms with Crippen LogP contribution in [-0.4, -0.2) is 38.4 Å². The monoisotopic (exact) mass is 375 g/mol. The third kappa shape index (κ3) is 5.31. The van der Waals surface area contributed by atoms with Crippen molar-refractivity contribution in [3.05, 3.63) is 35.9 Å². The summed E-state index contributed by atoms with van der Waals surface area (Å²) in [7, 11) is -1.09. The maximum atomic E-state index is 12.8. The first-order chi connectivity index (χ1) is 11.2. The highest BCUT2D eigenvalue weighted by atomic mass is 28.4. The minimum Gasteiger partial charge on any atom is -0.408 e. The molecule has 0 fully saturated rings. The molecule has 3 nitrogen and oxygen atoms in total. The number of benzene rings is 1. The normalized spacial score (nSPS) is 15.6. The smallest absolute Gasteiger partial charge is 0.408 e. The number of carbonyl (C=O) groups is 1. The minimum atomic E-state index is -4.90. The van der Waals surface area contributed by atoms with Crippen LogP contribution in [0.3, 0.4) is 0 Å². The SMILES string of the molecule is CC(C(O[Si](C)(C)C(C)(C)C)c1ccccc1)N(C)C(=O)C(F)(F)F. The number of amides is 1. The number of hydrogen-bond acceptors (Lipinski definition) is 2. The lowest BCUT2D eigenvalue weighted by Crippen LogP contribution is -2.50. The molecule has 1 rings (SSSR count). The van der Waals surface area contributed by atoms with Crippen LogP contribution in [0.1, 0.15) is 39.4 Å². The van der Waals surface area contributed by atoms with E-state index in [1.807, 2.05) is 43.4 Å². The van der Waals surface area contributed by atoms with E-state index in [4.69, 9.17) is 4.43 Å². The summed E-state index contributed by atoms with van der Waals surface area (Å²) in [6.45, 7) is 11.9. The molecular weight excluding hydrogens is 347 g/mol. The fourth-order valence-corrected chi connectivity index (χ4v) is 3.49. The van der Waals surface area contributed by atoms with Crippen molar-refractivity contribution in [1.82, 2.24) is 4.90 Å². The van der Waals surface area contributed by atoms with Gasteiger partial charge in [-0.3, -0.25) is 4.79 Å². The van der Waals surface area contributed by atoms with Crippen LogP contribution in [0.25, 0.3) is 0 Å². The predicted octanol–water partition coefficient (Wildman–Crippen LogP) is 5.16. The van der Waals surface area contributed by atoms with Crippen LogP contribution >= 0.6 is 0 Å². The van der Waals surface area contributed by atoms with E-state index < -0.39 is 32.5 Å². The Balaban J connectivity index is 3.22. The van der Waals surface area contributed by atoms with Gasteiger partial charge in [0.05, 0.1) is 12.1 Å². The first-order valence-electron chi connectivity index (χ1n) is 8.25. The van der Waals surface area contributed by atoms with E-state index in [1.54, 1.807) is 6.92 Å². The van der Waals surface area contributed by atoms with Gasteiger partial charge in [0.15, 0.2) is 8.32 Å². The fraction of sp³-hybridized carbons (Fsp3) is 0.611. The first-order valence-corrected chi connectivity index (χ1v) is 11.2. The summed E-state index contributed by atoms with van der Waals surface area (Å²) in [5, 5.41) is -0.105. The van der Waals surface area contributed by atoms with Crippen LogP contribution in [0.5, 0.6) is 0 Å². The second-order valence-corrected chi connectivity index (χ2v) is 12.6. The molecule has 1 amide bonds. The number of nitrogens with zero attached hydrogens (tertiary/aromatic N) is 1. The number of alkyl halides is 3. The van der Waals surface area contributed by atoms with Gasteiger partial charge >= 0.3 is 12.1 Å². The molecule has 0 saturated heterocycles. The first kappa shape index (κ1) is 21.7. The van der Waals surface area contributed by atoms with Crippen LogP contribution in [-0.2, 0) is 9.22 Å². The van der Waals surface area contributed by atoms with Gasteiger partial charge in [-0.15, -0.1) is 0 Å². The van der Waals surface area contributed by atoms with Gasteiger partial charge in [0, 0.05) is 7.05 Å². The van der Waals surface area contributed by atoms with Crippen molar-refractivity contribution in [2.45, 2.75) is 64.1 Å². The molecule has 7 heteroatoms. The molecule has 0 spiro atoms. The van der Waals surface area contributed by atoms with E-state index in [0.717, 1.165) is 10.5 Å². The van der Waals surface area contributed by atoms with Gasteiger partial charge in [-0.05, 0) is 30.6 Å². The Bertz CT molecular complexity index is 582. The van der Waals surface area contributed by atoms with E-state index >= 15 is 0 Å². The third-order valence-corrected chi connectivity index (χ3v) is 9.42. The average molecular weight is 376 g/mol. The van der Waals surface area contributed by atoms with Crippen LogP contribution in [0.2, 0.25) is 18.1 Å². The Morgan fingerprint density at radius 1 is 1.12 bits per heavy atom. The lowest BCUT2D eigenvalue weighted by Gasteiger charge is -2.42. The van der Waals surface area contributed by atoms with Crippen molar-refractivity contribution in [3.63, 3.8) is 0 Å². The van der Waals surface area contributed by atoms with E-state index in [2.05, 4.69) is 20.8 Å². The summed E-state index contributed by atoms with van der Waals surface area (Å²) >= 11 is 0. The third-order valence-electron chi connectivity index (χ3n) is 4.97. The molecular formula is C18H28F3NO2Si. The van der Waals surface area contributed by atoms with E-state index in [9.17, 15) is 18.0 Å². The Hall–Kier alpha value is -1.34. The molecule has 0 aliphatic heterocycles. The lowest BCUT2D eigenvalue weighted by atomic mass is 10.0. The average Bonchev–Trinajstić information content (AvgIpc) is 2.49. The molecule has 0 N–H and O–H groups in total. The Labute approximate surface area is 149 Å². The number of halogens is 3. The molecule has 0 radical (unpaired) electrons. The van der Waals surface area contributed by atoms with Crippen molar-refractivity contribution in [3.8, 4) is 0 Å². The molecule has 0 bridgehead atoms. The Kier molecular flexibility index (Phi) is 6.50. The highest BCUT2D eigenvalue weighted by Gasteiger charge is 2.46. The van der Waals surface area contributed by atoms with Gasteiger partial charge in [0.25, 0.3) is 0 Å². The van der Waals surface area contributed by atoms with Crippen molar-refractivity contribution in [2.75, 3.05) is 7.05 Å². The summed E-state index contributed by atoms with van der Waals surface area (Å²) in [6, 6.07) is 8.35. The quantitative estimate of drug-likeness (QED) is 0.666. The standard InChI is InChI=1S/C18H28F3NO2Si/c1-13(22(5)16(23)18(19,20)21)15(14-11-9-8-10-12-14)24-25(6,7)17(2,3)4/h8-13,15H,1-7H3. The minimum absolute atomic E-state index is 0.105. The molecule has 0 saturated carbocycles. The summed E-state index contributed by atoms with van der Waals surface area (Å²) in [6.07, 6.45) is -5.53. The number of likely N-dealkylation sites (N-methyl/N-ethyl adjacent to an activating group) is 1. The van der Waals surface area contributed by atoms with Crippen LogP contribution in [0.4, 0.5) is 13.2 Å². The number of hydrogen-bond donors (Lipinski definition) is 0. The Morgan fingerprint density at radius 2 is 1.60 bits per heavy atom. The zero-order chi connectivity index (χ0) is 19.6. The van der Waals surface area contributed by atoms with Gasteiger partial charge in [0.2, 0.25) is 0 Å². The molecule has 0 aliphatic rings.